The molecule has 0 spiro atoms. The molecule has 0 unspecified atom stereocenters. The van der Waals surface area contributed by atoms with Gasteiger partial charge < -0.3 is 27.4 Å². The van der Waals surface area contributed by atoms with Gasteiger partial charge in [-0.1, -0.05) is 84.0 Å². The number of nitrogens with one attached hydrogen (secondary N) is 1. The van der Waals surface area contributed by atoms with Crippen molar-refractivity contribution in [1.29, 1.82) is 0 Å². The van der Waals surface area contributed by atoms with Gasteiger partial charge in [-0.15, -0.1) is 0 Å². The Hall–Kier alpha value is 0.400. The zero-order valence-corrected chi connectivity index (χ0v) is 16.6. The van der Waals surface area contributed by atoms with Crippen LogP contribution in [0.2, 0.25) is 0 Å². The smallest absolute Gasteiger partial charge is 0.0766 e. The fourth-order valence-electron chi connectivity index (χ4n) is 2.67. The minimum atomic E-state index is 0. The van der Waals surface area contributed by atoms with E-state index in [0.717, 1.165) is 0 Å². The van der Waals surface area contributed by atoms with Crippen LogP contribution >= 0.6 is 0 Å². The Morgan fingerprint density at radius 2 is 0.810 bits per heavy atom. The fraction of sp³-hybridized carbons (Fsp3) is 1.00. The first kappa shape index (κ1) is 26.3. The van der Waals surface area contributed by atoms with Gasteiger partial charge in [0.05, 0.1) is 20.6 Å². The summed E-state index contributed by atoms with van der Waals surface area (Å²) in [6.45, 7) is 3.64. The van der Waals surface area contributed by atoms with E-state index in [1.807, 2.05) is 0 Å². The quantitative estimate of drug-likeness (QED) is 0.415. The highest BCUT2D eigenvalue weighted by molar-refractivity contribution is 4.49. The molecule has 0 radical (unpaired) electrons. The van der Waals surface area contributed by atoms with E-state index >= 15 is 0 Å². The van der Waals surface area contributed by atoms with Gasteiger partial charge in [-0.3, -0.25) is 0 Å². The van der Waals surface area contributed by atoms with Crippen LogP contribution in [0, 0.1) is 0 Å². The van der Waals surface area contributed by atoms with Crippen LogP contribution in [0.1, 0.15) is 96.8 Å². The van der Waals surface area contributed by atoms with Gasteiger partial charge in [-0.2, -0.15) is 0 Å². The fourth-order valence-corrected chi connectivity index (χ4v) is 2.67. The van der Waals surface area contributed by atoms with Gasteiger partial charge in [0.25, 0.3) is 0 Å². The first-order valence-corrected chi connectivity index (χ1v) is 9.06. The zero-order valence-electron chi connectivity index (χ0n) is 15.0. The van der Waals surface area contributed by atoms with E-state index in [9.17, 15) is 0 Å². The first-order valence-electron chi connectivity index (χ1n) is 9.06. The van der Waals surface area contributed by atoms with E-state index in [1.165, 1.54) is 96.4 Å². The van der Waals surface area contributed by atoms with Crippen molar-refractivity contribution in [3.8, 4) is 0 Å². The molecule has 0 atom stereocenters. The maximum absolute atomic E-state index is 2.29. The minimum Gasteiger partial charge on any atom is -1.00 e. The lowest BCUT2D eigenvalue weighted by Crippen LogP contribution is -3.05. The molecular formula is C18H42BrNO. The van der Waals surface area contributed by atoms with Gasteiger partial charge in [0.1, 0.15) is 0 Å². The Morgan fingerprint density at radius 1 is 0.524 bits per heavy atom. The minimum absolute atomic E-state index is 0. The third-order valence-electron chi connectivity index (χ3n) is 4.03. The molecule has 0 rings (SSSR count). The molecule has 0 aliphatic rings. The van der Waals surface area contributed by atoms with E-state index in [2.05, 4.69) is 21.0 Å². The lowest BCUT2D eigenvalue weighted by Gasteiger charge is -2.06. The standard InChI is InChI=1S/C18H39N.BrH.H2O/c1-4-5-6-7-8-9-10-11-12-13-14-15-16-17-18-19(2)3;;/h4-18H2,1-3H3;1H;1H2. The molecule has 0 heterocycles. The van der Waals surface area contributed by atoms with E-state index in [1.54, 1.807) is 4.90 Å². The molecule has 0 saturated heterocycles. The summed E-state index contributed by atoms with van der Waals surface area (Å²) in [5.74, 6) is 0. The van der Waals surface area contributed by atoms with Gasteiger partial charge in [-0.25, -0.2) is 0 Å². The van der Waals surface area contributed by atoms with Crippen LogP contribution < -0.4 is 21.9 Å². The van der Waals surface area contributed by atoms with Crippen molar-refractivity contribution in [2.24, 2.45) is 0 Å². The van der Waals surface area contributed by atoms with Crippen LogP contribution in [-0.2, 0) is 0 Å². The average Bonchev–Trinajstić information content (AvgIpc) is 2.39. The van der Waals surface area contributed by atoms with Gasteiger partial charge in [0.15, 0.2) is 0 Å². The average molecular weight is 368 g/mol. The number of halogens is 1. The Morgan fingerprint density at radius 3 is 1.10 bits per heavy atom. The highest BCUT2D eigenvalue weighted by atomic mass is 79.9. The third-order valence-corrected chi connectivity index (χ3v) is 4.03. The van der Waals surface area contributed by atoms with E-state index < -0.39 is 0 Å². The molecule has 0 saturated carbocycles. The van der Waals surface area contributed by atoms with Crippen LogP contribution in [0.3, 0.4) is 0 Å². The van der Waals surface area contributed by atoms with E-state index in [-0.39, 0.29) is 22.5 Å². The van der Waals surface area contributed by atoms with Crippen molar-refractivity contribution in [2.75, 3.05) is 20.6 Å². The van der Waals surface area contributed by atoms with Crippen molar-refractivity contribution in [3.63, 3.8) is 0 Å². The summed E-state index contributed by atoms with van der Waals surface area (Å²) in [5, 5.41) is 0. The molecule has 132 valence electrons. The number of quaternary nitrogens is 1. The molecule has 0 aliphatic carbocycles. The summed E-state index contributed by atoms with van der Waals surface area (Å²) in [4.78, 5) is 1.60. The highest BCUT2D eigenvalue weighted by Gasteiger charge is 1.95. The van der Waals surface area contributed by atoms with Crippen molar-refractivity contribution in [1.82, 2.24) is 0 Å². The molecule has 0 aromatic rings. The molecule has 3 N–H and O–H groups in total. The predicted octanol–water partition coefficient (Wildman–Crippen LogP) is 0.792. The SMILES string of the molecule is CCCCCCCCCCCCCCCC[NH+](C)C.O.[Br-]. The Balaban J connectivity index is -0.00000162. The summed E-state index contributed by atoms with van der Waals surface area (Å²) in [6, 6.07) is 0. The van der Waals surface area contributed by atoms with Crippen LogP contribution in [-0.4, -0.2) is 26.1 Å². The molecule has 0 amide bonds. The topological polar surface area (TPSA) is 35.9 Å². The van der Waals surface area contributed by atoms with Gasteiger partial charge in [-0.05, 0) is 12.8 Å². The predicted molar refractivity (Wildman–Crippen MR) is 91.6 cm³/mol. The Bertz CT molecular complexity index is 165. The van der Waals surface area contributed by atoms with Crippen molar-refractivity contribution in [3.05, 3.63) is 0 Å². The first-order chi connectivity index (χ1) is 9.27. The zero-order chi connectivity index (χ0) is 14.2. The van der Waals surface area contributed by atoms with Crippen LogP contribution in [0.25, 0.3) is 0 Å². The molecule has 3 heteroatoms. The van der Waals surface area contributed by atoms with Crippen molar-refractivity contribution in [2.45, 2.75) is 96.8 Å². The van der Waals surface area contributed by atoms with Gasteiger partial charge >= 0.3 is 0 Å². The number of unbranched alkanes of at least 4 members (excludes halogenated alkanes) is 13. The summed E-state index contributed by atoms with van der Waals surface area (Å²) >= 11 is 0. The molecule has 0 fully saturated rings. The largest absolute Gasteiger partial charge is 1.00 e. The lowest BCUT2D eigenvalue weighted by atomic mass is 10.0. The molecular weight excluding hydrogens is 326 g/mol. The number of rotatable bonds is 15. The van der Waals surface area contributed by atoms with Gasteiger partial charge in [0, 0.05) is 0 Å². The molecule has 21 heavy (non-hydrogen) atoms. The van der Waals surface area contributed by atoms with Crippen LogP contribution in [0.15, 0.2) is 0 Å². The second kappa shape index (κ2) is 22.7. The van der Waals surface area contributed by atoms with Gasteiger partial charge in [0.2, 0.25) is 0 Å². The summed E-state index contributed by atoms with van der Waals surface area (Å²) in [6.07, 6.45) is 20.4. The second-order valence-corrected chi connectivity index (χ2v) is 6.55. The molecule has 0 aromatic heterocycles. The highest BCUT2D eigenvalue weighted by Crippen LogP contribution is 2.12. The summed E-state index contributed by atoms with van der Waals surface area (Å²) < 4.78 is 0. The molecule has 0 bridgehead atoms. The molecule has 0 aromatic carbocycles. The van der Waals surface area contributed by atoms with E-state index in [4.69, 9.17) is 0 Å². The van der Waals surface area contributed by atoms with Crippen molar-refractivity contribution >= 4 is 0 Å². The van der Waals surface area contributed by atoms with Crippen LogP contribution in [0.5, 0.6) is 0 Å². The number of hydrogen-bond acceptors (Lipinski definition) is 0. The molecule has 2 nitrogen and oxygen atoms in total. The maximum Gasteiger partial charge on any atom is 0.0766 e. The Kier molecular flexibility index (Phi) is 28.4. The summed E-state index contributed by atoms with van der Waals surface area (Å²) in [7, 11) is 4.50. The van der Waals surface area contributed by atoms with Crippen LogP contribution in [0.4, 0.5) is 0 Å². The van der Waals surface area contributed by atoms with E-state index in [0.29, 0.717) is 0 Å². The van der Waals surface area contributed by atoms with Crippen molar-refractivity contribution < 1.29 is 27.4 Å². The third kappa shape index (κ3) is 25.7. The lowest BCUT2D eigenvalue weighted by molar-refractivity contribution is -0.858. The maximum atomic E-state index is 2.29. The molecule has 0 aliphatic heterocycles. The summed E-state index contributed by atoms with van der Waals surface area (Å²) in [5.41, 5.74) is 0. The number of hydrogen-bond donors (Lipinski definition) is 1. The normalized spacial score (nSPS) is 10.3. The second-order valence-electron chi connectivity index (χ2n) is 6.55. The monoisotopic (exact) mass is 367 g/mol. The Labute approximate surface area is 145 Å².